The standard InChI is InChI=1S/C18H18O4/c19-17(20)15-11-5-3-9-13(15)7-1-2-8-14-10-4-6-12-16(14)18(21)22/h3-6,9-12H,1-2,7-8H2,(H,19,20)(H,21,22). The number of hydrogen-bond donors (Lipinski definition) is 2. The lowest BCUT2D eigenvalue weighted by Gasteiger charge is -2.07. The SMILES string of the molecule is O=C(O)c1ccccc1CCCCc1ccccc1C(=O)O. The van der Waals surface area contributed by atoms with Crippen molar-refractivity contribution in [1.82, 2.24) is 0 Å². The van der Waals surface area contributed by atoms with Gasteiger partial charge in [-0.05, 0) is 48.9 Å². The van der Waals surface area contributed by atoms with E-state index in [1.54, 1.807) is 24.3 Å². The molecule has 0 bridgehead atoms. The lowest BCUT2D eigenvalue weighted by atomic mass is 9.98. The molecular weight excluding hydrogens is 280 g/mol. The molecule has 0 atom stereocenters. The zero-order valence-electron chi connectivity index (χ0n) is 12.2. The number of hydrogen-bond acceptors (Lipinski definition) is 2. The Labute approximate surface area is 129 Å². The van der Waals surface area contributed by atoms with Crippen LogP contribution >= 0.6 is 0 Å². The maximum atomic E-state index is 11.1. The lowest BCUT2D eigenvalue weighted by molar-refractivity contribution is 0.0684. The fourth-order valence-corrected chi connectivity index (χ4v) is 2.52. The number of carbonyl (C=O) groups is 2. The van der Waals surface area contributed by atoms with Gasteiger partial charge in [-0.2, -0.15) is 0 Å². The van der Waals surface area contributed by atoms with Crippen LogP contribution in [0.2, 0.25) is 0 Å². The molecule has 4 nitrogen and oxygen atoms in total. The van der Waals surface area contributed by atoms with Crippen LogP contribution in [0.15, 0.2) is 48.5 Å². The first-order chi connectivity index (χ1) is 10.6. The Bertz CT molecular complexity index is 617. The smallest absolute Gasteiger partial charge is 0.335 e. The highest BCUT2D eigenvalue weighted by molar-refractivity contribution is 5.89. The largest absolute Gasteiger partial charge is 0.478 e. The Kier molecular flexibility index (Phi) is 5.31. The summed E-state index contributed by atoms with van der Waals surface area (Å²) >= 11 is 0. The summed E-state index contributed by atoms with van der Waals surface area (Å²) in [5.41, 5.74) is 2.32. The van der Waals surface area contributed by atoms with Crippen LogP contribution < -0.4 is 0 Å². The maximum absolute atomic E-state index is 11.1. The number of benzene rings is 2. The van der Waals surface area contributed by atoms with Gasteiger partial charge in [0.1, 0.15) is 0 Å². The Morgan fingerprint density at radius 2 is 1.05 bits per heavy atom. The monoisotopic (exact) mass is 298 g/mol. The van der Waals surface area contributed by atoms with E-state index in [0.717, 1.165) is 24.0 Å². The summed E-state index contributed by atoms with van der Waals surface area (Å²) in [5, 5.41) is 18.3. The van der Waals surface area contributed by atoms with Gasteiger partial charge < -0.3 is 10.2 Å². The van der Waals surface area contributed by atoms with Crippen LogP contribution in [0.5, 0.6) is 0 Å². The van der Waals surface area contributed by atoms with Gasteiger partial charge >= 0.3 is 11.9 Å². The van der Waals surface area contributed by atoms with Gasteiger partial charge in [0.25, 0.3) is 0 Å². The number of aryl methyl sites for hydroxylation is 2. The average Bonchev–Trinajstić information content (AvgIpc) is 2.52. The molecule has 0 unspecified atom stereocenters. The van der Waals surface area contributed by atoms with E-state index in [4.69, 9.17) is 10.2 Å². The highest BCUT2D eigenvalue weighted by atomic mass is 16.4. The van der Waals surface area contributed by atoms with E-state index >= 15 is 0 Å². The van der Waals surface area contributed by atoms with Gasteiger partial charge in [-0.25, -0.2) is 9.59 Å². The Hall–Kier alpha value is -2.62. The minimum atomic E-state index is -0.910. The molecule has 0 saturated carbocycles. The minimum Gasteiger partial charge on any atom is -0.478 e. The number of aromatic carboxylic acids is 2. The molecule has 0 fully saturated rings. The molecule has 0 saturated heterocycles. The molecular formula is C18H18O4. The maximum Gasteiger partial charge on any atom is 0.335 e. The van der Waals surface area contributed by atoms with Crippen LogP contribution in [0, 0.1) is 0 Å². The predicted octanol–water partition coefficient (Wildman–Crippen LogP) is 3.65. The molecule has 0 heterocycles. The van der Waals surface area contributed by atoms with Crippen molar-refractivity contribution < 1.29 is 19.8 Å². The molecule has 2 rings (SSSR count). The second-order valence-corrected chi connectivity index (χ2v) is 5.13. The molecule has 2 aromatic rings. The molecule has 2 N–H and O–H groups in total. The molecule has 0 aliphatic carbocycles. The van der Waals surface area contributed by atoms with Crippen LogP contribution in [-0.2, 0) is 12.8 Å². The van der Waals surface area contributed by atoms with E-state index in [1.807, 2.05) is 24.3 Å². The van der Waals surface area contributed by atoms with E-state index in [0.29, 0.717) is 24.0 Å². The van der Waals surface area contributed by atoms with Gasteiger partial charge in [-0.15, -0.1) is 0 Å². The van der Waals surface area contributed by atoms with Gasteiger partial charge in [-0.1, -0.05) is 36.4 Å². The number of unbranched alkanes of at least 4 members (excludes halogenated alkanes) is 1. The van der Waals surface area contributed by atoms with Crippen molar-refractivity contribution in [1.29, 1.82) is 0 Å². The summed E-state index contributed by atoms with van der Waals surface area (Å²) in [4.78, 5) is 22.3. The molecule has 22 heavy (non-hydrogen) atoms. The fourth-order valence-electron chi connectivity index (χ4n) is 2.52. The molecule has 0 aliphatic rings. The topological polar surface area (TPSA) is 74.6 Å². The third-order valence-corrected chi connectivity index (χ3v) is 3.64. The van der Waals surface area contributed by atoms with Crippen molar-refractivity contribution >= 4 is 11.9 Å². The van der Waals surface area contributed by atoms with E-state index in [2.05, 4.69) is 0 Å². The first-order valence-electron chi connectivity index (χ1n) is 7.22. The summed E-state index contributed by atoms with van der Waals surface area (Å²) in [6.07, 6.45) is 2.99. The van der Waals surface area contributed by atoms with Crippen LogP contribution in [0.25, 0.3) is 0 Å². The van der Waals surface area contributed by atoms with Crippen molar-refractivity contribution in [3.63, 3.8) is 0 Å². The van der Waals surface area contributed by atoms with Crippen LogP contribution in [-0.4, -0.2) is 22.2 Å². The molecule has 4 heteroatoms. The first kappa shape index (κ1) is 15.8. The number of carboxylic acids is 2. The fraction of sp³-hybridized carbons (Fsp3) is 0.222. The lowest BCUT2D eigenvalue weighted by Crippen LogP contribution is -2.04. The summed E-state index contributed by atoms with van der Waals surface area (Å²) in [5.74, 6) is -1.82. The number of carboxylic acid groups (broad SMARTS) is 2. The van der Waals surface area contributed by atoms with Crippen molar-refractivity contribution in [2.45, 2.75) is 25.7 Å². The van der Waals surface area contributed by atoms with Gasteiger partial charge in [0, 0.05) is 0 Å². The second-order valence-electron chi connectivity index (χ2n) is 5.13. The summed E-state index contributed by atoms with van der Waals surface area (Å²) in [7, 11) is 0. The molecule has 0 aliphatic heterocycles. The van der Waals surface area contributed by atoms with Crippen molar-refractivity contribution in [2.24, 2.45) is 0 Å². The zero-order chi connectivity index (χ0) is 15.9. The summed E-state index contributed by atoms with van der Waals surface area (Å²) in [6, 6.07) is 14.0. The highest BCUT2D eigenvalue weighted by Gasteiger charge is 2.10. The zero-order valence-corrected chi connectivity index (χ0v) is 12.2. The van der Waals surface area contributed by atoms with E-state index in [-0.39, 0.29) is 0 Å². The molecule has 0 aromatic heterocycles. The van der Waals surface area contributed by atoms with E-state index in [1.165, 1.54) is 0 Å². The van der Waals surface area contributed by atoms with E-state index in [9.17, 15) is 9.59 Å². The Balaban J connectivity index is 1.93. The van der Waals surface area contributed by atoms with Crippen molar-refractivity contribution in [3.8, 4) is 0 Å². The molecule has 0 radical (unpaired) electrons. The minimum absolute atomic E-state index is 0.341. The van der Waals surface area contributed by atoms with Gasteiger partial charge in [-0.3, -0.25) is 0 Å². The molecule has 0 spiro atoms. The third-order valence-electron chi connectivity index (χ3n) is 3.64. The summed E-state index contributed by atoms with van der Waals surface area (Å²) < 4.78 is 0. The highest BCUT2D eigenvalue weighted by Crippen LogP contribution is 2.16. The van der Waals surface area contributed by atoms with Gasteiger partial charge in [0.2, 0.25) is 0 Å². The second kappa shape index (κ2) is 7.41. The first-order valence-corrected chi connectivity index (χ1v) is 7.22. The molecule has 2 aromatic carbocycles. The number of rotatable bonds is 7. The van der Waals surface area contributed by atoms with Gasteiger partial charge in [0.05, 0.1) is 11.1 Å². The molecule has 114 valence electrons. The van der Waals surface area contributed by atoms with Crippen LogP contribution in [0.1, 0.15) is 44.7 Å². The Morgan fingerprint density at radius 3 is 1.41 bits per heavy atom. The average molecular weight is 298 g/mol. The molecule has 0 amide bonds. The van der Waals surface area contributed by atoms with Gasteiger partial charge in [0.15, 0.2) is 0 Å². The van der Waals surface area contributed by atoms with E-state index < -0.39 is 11.9 Å². The predicted molar refractivity (Wildman–Crippen MR) is 83.4 cm³/mol. The van der Waals surface area contributed by atoms with Crippen LogP contribution in [0.4, 0.5) is 0 Å². The third kappa shape index (κ3) is 3.95. The summed E-state index contributed by atoms with van der Waals surface area (Å²) in [6.45, 7) is 0. The van der Waals surface area contributed by atoms with Crippen molar-refractivity contribution in [3.05, 3.63) is 70.8 Å². The van der Waals surface area contributed by atoms with Crippen molar-refractivity contribution in [2.75, 3.05) is 0 Å². The normalized spacial score (nSPS) is 10.4. The quantitative estimate of drug-likeness (QED) is 0.765. The van der Waals surface area contributed by atoms with Crippen LogP contribution in [0.3, 0.4) is 0 Å². The Morgan fingerprint density at radius 1 is 0.682 bits per heavy atom.